The highest BCUT2D eigenvalue weighted by Gasteiger charge is 2.23. The Bertz CT molecular complexity index is 948. The van der Waals surface area contributed by atoms with Gasteiger partial charge in [0, 0.05) is 61.5 Å². The lowest BCUT2D eigenvalue weighted by Crippen LogP contribution is -2.47. The number of hydrogen-bond donors (Lipinski definition) is 2. The van der Waals surface area contributed by atoms with Crippen LogP contribution in [0.25, 0.3) is 10.9 Å². The number of aliphatic hydroxyl groups is 1. The molecular weight excluding hydrogens is 348 g/mol. The monoisotopic (exact) mass is 371 g/mol. The van der Waals surface area contributed by atoms with Gasteiger partial charge in [0.15, 0.2) is 0 Å². The van der Waals surface area contributed by atoms with Crippen LogP contribution in [0.4, 0.5) is 14.5 Å². The second kappa shape index (κ2) is 7.29. The van der Waals surface area contributed by atoms with Crippen LogP contribution in [0.3, 0.4) is 0 Å². The fourth-order valence-corrected chi connectivity index (χ4v) is 3.78. The number of H-pyrrole nitrogens is 1. The number of β-amino-alcohol motifs (C(OH)–C–C–N with tert-alkyl or cyclic N) is 1. The normalized spacial score (nSPS) is 16.8. The van der Waals surface area contributed by atoms with Gasteiger partial charge in [-0.3, -0.25) is 4.90 Å². The highest BCUT2D eigenvalue weighted by molar-refractivity contribution is 5.84. The van der Waals surface area contributed by atoms with Gasteiger partial charge in [0.2, 0.25) is 0 Å². The first kappa shape index (κ1) is 17.9. The Labute approximate surface area is 157 Å². The number of halogens is 2. The molecule has 2 N–H and O–H groups in total. The zero-order chi connectivity index (χ0) is 19.0. The number of aromatic amines is 1. The Morgan fingerprint density at radius 3 is 2.59 bits per heavy atom. The number of hydrogen-bond acceptors (Lipinski definition) is 3. The number of benzene rings is 2. The Balaban J connectivity index is 1.40. The van der Waals surface area contributed by atoms with E-state index in [1.54, 1.807) is 0 Å². The molecule has 0 amide bonds. The summed E-state index contributed by atoms with van der Waals surface area (Å²) in [6, 6.07) is 9.85. The molecule has 1 saturated heterocycles. The summed E-state index contributed by atoms with van der Waals surface area (Å²) in [4.78, 5) is 7.31. The van der Waals surface area contributed by atoms with Gasteiger partial charge < -0.3 is 15.0 Å². The molecule has 1 atom stereocenters. The molecule has 4 nitrogen and oxygen atoms in total. The molecule has 4 rings (SSSR count). The topological polar surface area (TPSA) is 42.5 Å². The van der Waals surface area contributed by atoms with Gasteiger partial charge in [0.1, 0.15) is 11.6 Å². The number of anilines is 1. The summed E-state index contributed by atoms with van der Waals surface area (Å²) >= 11 is 0. The molecule has 0 saturated carbocycles. The second-order valence-corrected chi connectivity index (χ2v) is 7.19. The molecule has 142 valence electrons. The molecule has 0 aliphatic carbocycles. The van der Waals surface area contributed by atoms with Crippen LogP contribution in [0.5, 0.6) is 0 Å². The van der Waals surface area contributed by atoms with Crippen LogP contribution in [0.2, 0.25) is 0 Å². The summed E-state index contributed by atoms with van der Waals surface area (Å²) in [7, 11) is 0. The zero-order valence-corrected chi connectivity index (χ0v) is 15.3. The summed E-state index contributed by atoms with van der Waals surface area (Å²) in [5.74, 6) is -1.09. The molecule has 0 spiro atoms. The van der Waals surface area contributed by atoms with Crippen molar-refractivity contribution >= 4 is 16.6 Å². The minimum atomic E-state index is -0.588. The maximum atomic E-state index is 14.0. The lowest BCUT2D eigenvalue weighted by molar-refractivity contribution is 0.110. The average molecular weight is 371 g/mol. The van der Waals surface area contributed by atoms with E-state index >= 15 is 0 Å². The van der Waals surface area contributed by atoms with E-state index in [-0.39, 0.29) is 0 Å². The molecule has 6 heteroatoms. The van der Waals surface area contributed by atoms with Crippen molar-refractivity contribution in [2.24, 2.45) is 0 Å². The van der Waals surface area contributed by atoms with Crippen molar-refractivity contribution in [2.75, 3.05) is 37.6 Å². The highest BCUT2D eigenvalue weighted by Crippen LogP contribution is 2.27. The van der Waals surface area contributed by atoms with Crippen LogP contribution in [0.1, 0.15) is 17.2 Å². The van der Waals surface area contributed by atoms with E-state index in [1.807, 2.05) is 30.2 Å². The number of fused-ring (bicyclic) bond motifs is 1. The van der Waals surface area contributed by atoms with Gasteiger partial charge in [0.25, 0.3) is 0 Å². The number of rotatable bonds is 4. The molecule has 2 heterocycles. The summed E-state index contributed by atoms with van der Waals surface area (Å²) < 4.78 is 27.1. The van der Waals surface area contributed by atoms with Gasteiger partial charge in [-0.1, -0.05) is 11.6 Å². The average Bonchev–Trinajstić information content (AvgIpc) is 3.06. The number of piperazine rings is 1. The molecular formula is C21H23F2N3O. The van der Waals surface area contributed by atoms with Gasteiger partial charge in [0.05, 0.1) is 11.8 Å². The second-order valence-electron chi connectivity index (χ2n) is 7.19. The number of aromatic nitrogens is 1. The molecule has 1 aliphatic rings. The van der Waals surface area contributed by atoms with Crippen LogP contribution in [0, 0.1) is 18.6 Å². The Morgan fingerprint density at radius 2 is 1.85 bits per heavy atom. The summed E-state index contributed by atoms with van der Waals surface area (Å²) in [6.45, 7) is 5.28. The van der Waals surface area contributed by atoms with Crippen LogP contribution in [-0.2, 0) is 0 Å². The van der Waals surface area contributed by atoms with Crippen LogP contribution >= 0.6 is 0 Å². The smallest absolute Gasteiger partial charge is 0.149 e. The largest absolute Gasteiger partial charge is 0.387 e. The molecule has 0 unspecified atom stereocenters. The highest BCUT2D eigenvalue weighted by atomic mass is 19.1. The summed E-state index contributed by atoms with van der Waals surface area (Å²) in [5, 5.41) is 11.8. The quantitative estimate of drug-likeness (QED) is 0.736. The van der Waals surface area contributed by atoms with E-state index in [1.165, 1.54) is 12.1 Å². The Morgan fingerprint density at radius 1 is 1.07 bits per heavy atom. The maximum absolute atomic E-state index is 14.0. The van der Waals surface area contributed by atoms with Crippen molar-refractivity contribution in [3.05, 3.63) is 65.4 Å². The van der Waals surface area contributed by atoms with E-state index in [0.717, 1.165) is 41.2 Å². The minimum absolute atomic E-state index is 0.434. The molecule has 1 fully saturated rings. The predicted octanol–water partition coefficient (Wildman–Crippen LogP) is 3.61. The number of nitrogens with one attached hydrogen (secondary N) is 1. The summed E-state index contributed by atoms with van der Waals surface area (Å²) in [5.41, 5.74) is 3.51. The molecule has 3 aromatic rings. The van der Waals surface area contributed by atoms with Crippen LogP contribution < -0.4 is 4.90 Å². The van der Waals surface area contributed by atoms with Gasteiger partial charge in [-0.05, 0) is 31.2 Å². The van der Waals surface area contributed by atoms with Crippen LogP contribution in [0.15, 0.2) is 42.6 Å². The zero-order valence-electron chi connectivity index (χ0n) is 15.3. The molecule has 1 aromatic heterocycles. The molecule has 0 radical (unpaired) electrons. The molecule has 27 heavy (non-hydrogen) atoms. The van der Waals surface area contributed by atoms with E-state index in [9.17, 15) is 13.9 Å². The van der Waals surface area contributed by atoms with Crippen molar-refractivity contribution in [3.63, 3.8) is 0 Å². The SMILES string of the molecule is Cc1ccc2[nH]cc([C@@H](O)CN3CCN(c4ccc(F)cc4F)CC3)c2c1. The third-order valence-corrected chi connectivity index (χ3v) is 5.28. The van der Waals surface area contributed by atoms with Gasteiger partial charge in [-0.2, -0.15) is 0 Å². The van der Waals surface area contributed by atoms with Gasteiger partial charge in [-0.25, -0.2) is 8.78 Å². The van der Waals surface area contributed by atoms with E-state index in [2.05, 4.69) is 16.0 Å². The lowest BCUT2D eigenvalue weighted by atomic mass is 10.1. The lowest BCUT2D eigenvalue weighted by Gasteiger charge is -2.37. The maximum Gasteiger partial charge on any atom is 0.149 e. The Kier molecular flexibility index (Phi) is 4.85. The summed E-state index contributed by atoms with van der Waals surface area (Å²) in [6.07, 6.45) is 1.29. The first-order chi connectivity index (χ1) is 13.0. The number of aryl methyl sites for hydroxylation is 1. The van der Waals surface area contributed by atoms with E-state index in [0.29, 0.717) is 25.3 Å². The number of aliphatic hydroxyl groups excluding tert-OH is 1. The van der Waals surface area contributed by atoms with Crippen molar-refractivity contribution in [2.45, 2.75) is 13.0 Å². The minimum Gasteiger partial charge on any atom is -0.387 e. The Hall–Kier alpha value is -2.44. The standard InChI is InChI=1S/C21H23F2N3O/c1-14-2-4-19-16(10-14)17(12-24-19)21(27)13-25-6-8-26(9-7-25)20-5-3-15(22)11-18(20)23/h2-5,10-12,21,24,27H,6-9,13H2,1H3/t21-/m0/s1. The predicted molar refractivity (Wildman–Crippen MR) is 103 cm³/mol. The van der Waals surface area contributed by atoms with Crippen molar-refractivity contribution in [3.8, 4) is 0 Å². The van der Waals surface area contributed by atoms with Crippen molar-refractivity contribution in [1.82, 2.24) is 9.88 Å². The van der Waals surface area contributed by atoms with E-state index in [4.69, 9.17) is 0 Å². The molecule has 1 aliphatic heterocycles. The van der Waals surface area contributed by atoms with Gasteiger partial charge in [-0.15, -0.1) is 0 Å². The fourth-order valence-electron chi connectivity index (χ4n) is 3.78. The molecule has 0 bridgehead atoms. The first-order valence-electron chi connectivity index (χ1n) is 9.19. The third kappa shape index (κ3) is 3.68. The van der Waals surface area contributed by atoms with Crippen LogP contribution in [-0.4, -0.2) is 47.7 Å². The fraction of sp³-hybridized carbons (Fsp3) is 0.333. The molecule has 2 aromatic carbocycles. The number of nitrogens with zero attached hydrogens (tertiary/aromatic N) is 2. The third-order valence-electron chi connectivity index (χ3n) is 5.28. The van der Waals surface area contributed by atoms with Crippen molar-refractivity contribution in [1.29, 1.82) is 0 Å². The first-order valence-corrected chi connectivity index (χ1v) is 9.19. The van der Waals surface area contributed by atoms with Crippen molar-refractivity contribution < 1.29 is 13.9 Å². The van der Waals surface area contributed by atoms with E-state index < -0.39 is 17.7 Å². The van der Waals surface area contributed by atoms with Gasteiger partial charge >= 0.3 is 0 Å².